The van der Waals surface area contributed by atoms with Crippen LogP contribution in [0.25, 0.3) is 5.57 Å². The van der Waals surface area contributed by atoms with E-state index in [1.165, 1.54) is 11.3 Å². The molecule has 2 rings (SSSR count). The molecule has 1 aromatic heterocycles. The van der Waals surface area contributed by atoms with Crippen LogP contribution in [-0.4, -0.2) is 20.9 Å². The lowest BCUT2D eigenvalue weighted by Crippen LogP contribution is -2.52. The first-order valence-electron chi connectivity index (χ1n) is 7.14. The van der Waals surface area contributed by atoms with Gasteiger partial charge >= 0.3 is 0 Å². The van der Waals surface area contributed by atoms with Gasteiger partial charge in [0, 0.05) is 11.5 Å². The molecule has 1 heterocycles. The molecule has 0 radical (unpaired) electrons. The Morgan fingerprint density at radius 3 is 2.33 bits per heavy atom. The van der Waals surface area contributed by atoms with Crippen LogP contribution in [0.3, 0.4) is 0 Å². The first-order chi connectivity index (χ1) is 9.45. The Hall–Kier alpha value is -0.780. The molecule has 0 saturated carbocycles. The van der Waals surface area contributed by atoms with Crippen molar-refractivity contribution in [2.45, 2.75) is 47.1 Å². The van der Waals surface area contributed by atoms with Gasteiger partial charge in [0.2, 0.25) is 0 Å². The highest BCUT2D eigenvalue weighted by Crippen LogP contribution is 2.49. The van der Waals surface area contributed by atoms with E-state index < -0.39 is 5.60 Å². The molecule has 2 atom stereocenters. The van der Waals surface area contributed by atoms with Gasteiger partial charge < -0.3 is 5.11 Å². The second kappa shape index (κ2) is 5.14. The summed E-state index contributed by atoms with van der Waals surface area (Å²) in [5.41, 5.74) is -0.162. The Balaban J connectivity index is 2.53. The maximum atomic E-state index is 11.3. The summed E-state index contributed by atoms with van der Waals surface area (Å²) < 4.78 is 0.670. The molecule has 0 bridgehead atoms. The number of nitrogens with zero attached hydrogens (tertiary/aromatic N) is 1. The van der Waals surface area contributed by atoms with E-state index in [4.69, 9.17) is 12.2 Å². The molecule has 0 aromatic carbocycles. The number of hydrogen-bond donors (Lipinski definition) is 2. The van der Waals surface area contributed by atoms with E-state index in [1.54, 1.807) is 0 Å². The van der Waals surface area contributed by atoms with Gasteiger partial charge in [-0.3, -0.25) is 5.10 Å². The third-order valence-corrected chi connectivity index (χ3v) is 5.30. The molecule has 21 heavy (non-hydrogen) atoms. The lowest BCUT2D eigenvalue weighted by molar-refractivity contribution is -0.0796. The highest BCUT2D eigenvalue weighted by Gasteiger charge is 2.49. The molecular formula is C16H24N2OS2. The van der Waals surface area contributed by atoms with Crippen LogP contribution in [0.2, 0.25) is 0 Å². The van der Waals surface area contributed by atoms with Crippen molar-refractivity contribution in [1.82, 2.24) is 10.2 Å². The molecule has 2 unspecified atom stereocenters. The van der Waals surface area contributed by atoms with Crippen LogP contribution in [-0.2, 0) is 0 Å². The minimum absolute atomic E-state index is 0.00229. The summed E-state index contributed by atoms with van der Waals surface area (Å²) in [7, 11) is 0. The maximum absolute atomic E-state index is 11.3. The van der Waals surface area contributed by atoms with Gasteiger partial charge in [-0.1, -0.05) is 71.1 Å². The molecule has 116 valence electrons. The topological polar surface area (TPSA) is 48.9 Å². The molecule has 0 amide bonds. The predicted octanol–water partition coefficient (Wildman–Crippen LogP) is 4.59. The highest BCUT2D eigenvalue weighted by atomic mass is 32.1. The van der Waals surface area contributed by atoms with E-state index in [0.717, 1.165) is 10.6 Å². The molecule has 5 heteroatoms. The molecule has 0 saturated heterocycles. The van der Waals surface area contributed by atoms with Crippen molar-refractivity contribution in [2.75, 3.05) is 0 Å². The Kier molecular flexibility index (Phi) is 4.06. The van der Waals surface area contributed by atoms with Crippen LogP contribution >= 0.6 is 23.6 Å². The number of hydrogen-bond acceptors (Lipinski definition) is 4. The normalized spacial score (nSPS) is 26.8. The number of aliphatic hydroxyl groups is 1. The first kappa shape index (κ1) is 16.6. The van der Waals surface area contributed by atoms with E-state index in [0.29, 0.717) is 3.95 Å². The lowest BCUT2D eigenvalue weighted by Gasteiger charge is -2.49. The largest absolute Gasteiger partial charge is 0.385 e. The molecule has 1 aromatic rings. The van der Waals surface area contributed by atoms with Crippen LogP contribution in [0.5, 0.6) is 0 Å². The quantitative estimate of drug-likeness (QED) is 0.743. The third-order valence-electron chi connectivity index (χ3n) is 4.16. The van der Waals surface area contributed by atoms with E-state index in [-0.39, 0.29) is 16.7 Å². The Morgan fingerprint density at radius 2 is 1.90 bits per heavy atom. The van der Waals surface area contributed by atoms with Crippen molar-refractivity contribution >= 4 is 29.1 Å². The fraction of sp³-hybridized carbons (Fsp3) is 0.625. The van der Waals surface area contributed by atoms with Gasteiger partial charge in [0.15, 0.2) is 3.95 Å². The lowest BCUT2D eigenvalue weighted by atomic mass is 9.59. The SMILES string of the molecule is CC(C)(C)C1C=C(c2n[nH]c(=S)s2)C=CC1(O)C(C)(C)C. The van der Waals surface area contributed by atoms with Crippen LogP contribution in [0.4, 0.5) is 0 Å². The molecule has 3 nitrogen and oxygen atoms in total. The van der Waals surface area contributed by atoms with Gasteiger partial charge in [0.25, 0.3) is 0 Å². The maximum Gasteiger partial charge on any atom is 0.176 e. The summed E-state index contributed by atoms with van der Waals surface area (Å²) >= 11 is 6.57. The zero-order valence-electron chi connectivity index (χ0n) is 13.5. The highest BCUT2D eigenvalue weighted by molar-refractivity contribution is 7.73. The number of aromatic nitrogens is 2. The Bertz CT molecular complexity index is 640. The second-order valence-corrected chi connectivity index (χ2v) is 9.46. The van der Waals surface area contributed by atoms with Crippen molar-refractivity contribution in [3.05, 3.63) is 27.2 Å². The van der Waals surface area contributed by atoms with Gasteiger partial charge in [-0.25, -0.2) is 0 Å². The number of nitrogens with one attached hydrogen (secondary N) is 1. The van der Waals surface area contributed by atoms with Crippen molar-refractivity contribution in [3.8, 4) is 0 Å². The second-order valence-electron chi connectivity index (χ2n) is 7.79. The Labute approximate surface area is 135 Å². The van der Waals surface area contributed by atoms with E-state index in [2.05, 4.69) is 57.8 Å². The van der Waals surface area contributed by atoms with Crippen LogP contribution in [0, 0.1) is 20.7 Å². The fourth-order valence-corrected chi connectivity index (χ4v) is 3.70. The smallest absolute Gasteiger partial charge is 0.176 e. The van der Waals surface area contributed by atoms with Crippen LogP contribution < -0.4 is 0 Å². The average Bonchev–Trinajstić information content (AvgIpc) is 2.73. The third kappa shape index (κ3) is 3.05. The van der Waals surface area contributed by atoms with E-state index >= 15 is 0 Å². The van der Waals surface area contributed by atoms with Crippen molar-refractivity contribution in [3.63, 3.8) is 0 Å². The van der Waals surface area contributed by atoms with Gasteiger partial charge in [-0.15, -0.1) is 0 Å². The zero-order valence-corrected chi connectivity index (χ0v) is 15.2. The summed E-state index contributed by atoms with van der Waals surface area (Å²) in [6.07, 6.45) is 6.05. The summed E-state index contributed by atoms with van der Waals surface area (Å²) in [6.45, 7) is 12.7. The summed E-state index contributed by atoms with van der Waals surface area (Å²) in [4.78, 5) is 0. The predicted molar refractivity (Wildman–Crippen MR) is 91.8 cm³/mol. The standard InChI is InChI=1S/C16H24N2OS2/c1-14(2,3)11-9-10(12-17-18-13(20)21-12)7-8-16(11,19)15(4,5)6/h7-9,11,19H,1-6H3,(H,18,20). The molecule has 0 fully saturated rings. The fourth-order valence-electron chi connectivity index (χ4n) is 2.81. The van der Waals surface area contributed by atoms with Gasteiger partial charge in [-0.2, -0.15) is 5.10 Å². The summed E-state index contributed by atoms with van der Waals surface area (Å²) in [5.74, 6) is 0.00229. The number of rotatable bonds is 1. The van der Waals surface area contributed by atoms with Gasteiger partial charge in [0.1, 0.15) is 5.01 Å². The Morgan fingerprint density at radius 1 is 1.29 bits per heavy atom. The van der Waals surface area contributed by atoms with Gasteiger partial charge in [-0.05, 0) is 23.0 Å². The monoisotopic (exact) mass is 324 g/mol. The van der Waals surface area contributed by atoms with Crippen molar-refractivity contribution < 1.29 is 5.11 Å². The van der Waals surface area contributed by atoms with Crippen LogP contribution in [0.1, 0.15) is 46.6 Å². The van der Waals surface area contributed by atoms with Gasteiger partial charge in [0.05, 0.1) is 5.60 Å². The summed E-state index contributed by atoms with van der Waals surface area (Å²) in [6, 6.07) is 0. The number of aromatic amines is 1. The minimum atomic E-state index is -0.882. The van der Waals surface area contributed by atoms with Crippen molar-refractivity contribution in [1.29, 1.82) is 0 Å². The van der Waals surface area contributed by atoms with Crippen LogP contribution in [0.15, 0.2) is 18.2 Å². The minimum Gasteiger partial charge on any atom is -0.385 e. The van der Waals surface area contributed by atoms with E-state index in [9.17, 15) is 5.11 Å². The molecule has 0 spiro atoms. The molecular weight excluding hydrogens is 300 g/mol. The first-order valence-corrected chi connectivity index (χ1v) is 8.37. The number of H-pyrrole nitrogens is 1. The summed E-state index contributed by atoms with van der Waals surface area (Å²) in [5, 5.41) is 19.2. The molecule has 2 N–H and O–H groups in total. The van der Waals surface area contributed by atoms with Crippen molar-refractivity contribution in [2.24, 2.45) is 16.7 Å². The molecule has 0 aliphatic heterocycles. The average molecular weight is 325 g/mol. The molecule has 1 aliphatic carbocycles. The van der Waals surface area contributed by atoms with E-state index in [1.807, 2.05) is 12.2 Å². The molecule has 1 aliphatic rings. The number of allylic oxidation sites excluding steroid dienone is 2. The zero-order chi connectivity index (χ0) is 16.1.